The largest absolute Gasteiger partial charge is 0.493 e. The second-order valence-electron chi connectivity index (χ2n) is 8.83. The second kappa shape index (κ2) is 11.6. The van der Waals surface area contributed by atoms with E-state index in [0.29, 0.717) is 41.3 Å². The molecule has 0 saturated heterocycles. The Hall–Kier alpha value is -2.90. The third-order valence-electron chi connectivity index (χ3n) is 5.68. The molecule has 0 radical (unpaired) electrons. The summed E-state index contributed by atoms with van der Waals surface area (Å²) in [6.07, 6.45) is 6.63. The molecule has 0 bridgehead atoms. The minimum atomic E-state index is -0.339. The lowest BCUT2D eigenvalue weighted by Crippen LogP contribution is -2.31. The minimum absolute atomic E-state index is 0.0532. The van der Waals surface area contributed by atoms with Gasteiger partial charge in [-0.1, -0.05) is 33.1 Å². The number of benzene rings is 1. The molecule has 2 aromatic rings. The summed E-state index contributed by atoms with van der Waals surface area (Å²) in [5, 5.41) is 11.2. The summed E-state index contributed by atoms with van der Waals surface area (Å²) >= 11 is 0. The van der Waals surface area contributed by atoms with E-state index in [2.05, 4.69) is 34.3 Å². The predicted molar refractivity (Wildman–Crippen MR) is 123 cm³/mol. The maximum absolute atomic E-state index is 12.5. The van der Waals surface area contributed by atoms with Crippen LogP contribution in [0, 0.1) is 11.8 Å². The molecule has 1 amide bonds. The number of aryl methyl sites for hydroxylation is 1. The van der Waals surface area contributed by atoms with Gasteiger partial charge in [0.1, 0.15) is 5.69 Å². The summed E-state index contributed by atoms with van der Waals surface area (Å²) in [7, 11) is 1.57. The van der Waals surface area contributed by atoms with E-state index in [9.17, 15) is 9.59 Å². The maximum Gasteiger partial charge on any atom is 0.273 e. The van der Waals surface area contributed by atoms with Crippen LogP contribution in [0.15, 0.2) is 23.0 Å². The van der Waals surface area contributed by atoms with Gasteiger partial charge in [0.25, 0.3) is 5.56 Å². The van der Waals surface area contributed by atoms with Gasteiger partial charge in [-0.15, -0.1) is 10.2 Å². The smallest absolute Gasteiger partial charge is 0.273 e. The Morgan fingerprint density at radius 1 is 1.19 bits per heavy atom. The van der Waals surface area contributed by atoms with Gasteiger partial charge in [-0.05, 0) is 42.9 Å². The number of rotatable bonds is 10. The zero-order valence-corrected chi connectivity index (χ0v) is 19.3. The Bertz CT molecular complexity index is 951. The molecule has 174 valence electrons. The molecule has 1 saturated carbocycles. The van der Waals surface area contributed by atoms with Crippen molar-refractivity contribution in [3.05, 3.63) is 34.2 Å². The molecule has 0 atom stereocenters. The molecule has 0 spiro atoms. The molecular formula is C24H34N4O4. The highest BCUT2D eigenvalue weighted by atomic mass is 16.5. The molecule has 3 rings (SSSR count). The van der Waals surface area contributed by atoms with Crippen molar-refractivity contribution < 1.29 is 14.3 Å². The van der Waals surface area contributed by atoms with Crippen LogP contribution in [0.1, 0.15) is 58.1 Å². The molecule has 1 aliphatic carbocycles. The average molecular weight is 443 g/mol. The SMILES string of the molecule is COc1cc(-c2nnc(CCC(=O)NCC3CCCCC3)c(=O)[nH]2)ccc1OCC(C)C. The zero-order valence-electron chi connectivity index (χ0n) is 19.3. The van der Waals surface area contributed by atoms with Crippen LogP contribution in [0.4, 0.5) is 0 Å². The number of aromatic amines is 1. The lowest BCUT2D eigenvalue weighted by Gasteiger charge is -2.21. The zero-order chi connectivity index (χ0) is 22.9. The first kappa shape index (κ1) is 23.8. The molecule has 1 aromatic carbocycles. The number of amides is 1. The first-order valence-corrected chi connectivity index (χ1v) is 11.5. The first-order chi connectivity index (χ1) is 15.5. The number of H-pyrrole nitrogens is 1. The Morgan fingerprint density at radius 2 is 1.97 bits per heavy atom. The van der Waals surface area contributed by atoms with E-state index in [0.717, 1.165) is 6.54 Å². The van der Waals surface area contributed by atoms with E-state index >= 15 is 0 Å². The van der Waals surface area contributed by atoms with Gasteiger partial charge in [0.05, 0.1) is 13.7 Å². The van der Waals surface area contributed by atoms with Crippen molar-refractivity contribution in [1.82, 2.24) is 20.5 Å². The van der Waals surface area contributed by atoms with Crippen LogP contribution in [0.2, 0.25) is 0 Å². The number of hydrogen-bond donors (Lipinski definition) is 2. The number of nitrogens with zero attached hydrogens (tertiary/aromatic N) is 2. The topological polar surface area (TPSA) is 106 Å². The molecule has 2 N–H and O–H groups in total. The monoisotopic (exact) mass is 442 g/mol. The molecule has 0 aliphatic heterocycles. The molecule has 8 heteroatoms. The quantitative estimate of drug-likeness (QED) is 0.583. The van der Waals surface area contributed by atoms with Gasteiger partial charge in [-0.2, -0.15) is 0 Å². The molecular weight excluding hydrogens is 408 g/mol. The van der Waals surface area contributed by atoms with Gasteiger partial charge < -0.3 is 19.8 Å². The van der Waals surface area contributed by atoms with E-state index in [1.54, 1.807) is 25.3 Å². The molecule has 1 aliphatic rings. The Morgan fingerprint density at radius 3 is 2.66 bits per heavy atom. The fraction of sp³-hybridized carbons (Fsp3) is 0.583. The molecule has 8 nitrogen and oxygen atoms in total. The lowest BCUT2D eigenvalue weighted by molar-refractivity contribution is -0.121. The number of methoxy groups -OCH3 is 1. The summed E-state index contributed by atoms with van der Waals surface area (Å²) in [5.41, 5.74) is 0.583. The average Bonchev–Trinajstić information content (AvgIpc) is 2.81. The van der Waals surface area contributed by atoms with Crippen LogP contribution in [0.25, 0.3) is 11.4 Å². The molecule has 1 aromatic heterocycles. The fourth-order valence-corrected chi connectivity index (χ4v) is 3.81. The number of nitrogens with one attached hydrogen (secondary N) is 2. The first-order valence-electron chi connectivity index (χ1n) is 11.5. The van der Waals surface area contributed by atoms with Crippen molar-refractivity contribution in [2.24, 2.45) is 11.8 Å². The van der Waals surface area contributed by atoms with Gasteiger partial charge in [0.15, 0.2) is 17.3 Å². The third kappa shape index (κ3) is 6.80. The highest BCUT2D eigenvalue weighted by Crippen LogP contribution is 2.31. The van der Waals surface area contributed by atoms with Gasteiger partial charge in [0, 0.05) is 24.9 Å². The van der Waals surface area contributed by atoms with Crippen LogP contribution in [-0.4, -0.2) is 41.3 Å². The summed E-state index contributed by atoms with van der Waals surface area (Å²) in [4.78, 5) is 27.4. The maximum atomic E-state index is 12.5. The summed E-state index contributed by atoms with van der Waals surface area (Å²) in [6, 6.07) is 5.35. The van der Waals surface area contributed by atoms with Gasteiger partial charge in [-0.3, -0.25) is 9.59 Å². The van der Waals surface area contributed by atoms with Crippen LogP contribution >= 0.6 is 0 Å². The van der Waals surface area contributed by atoms with Crippen molar-refractivity contribution in [2.75, 3.05) is 20.3 Å². The lowest BCUT2D eigenvalue weighted by atomic mass is 9.89. The summed E-state index contributed by atoms with van der Waals surface area (Å²) < 4.78 is 11.2. The number of carbonyl (C=O) groups excluding carboxylic acids is 1. The van der Waals surface area contributed by atoms with E-state index in [1.807, 2.05) is 0 Å². The minimum Gasteiger partial charge on any atom is -0.493 e. The van der Waals surface area contributed by atoms with Crippen LogP contribution < -0.4 is 20.3 Å². The Balaban J connectivity index is 1.58. The van der Waals surface area contributed by atoms with E-state index < -0.39 is 0 Å². The van der Waals surface area contributed by atoms with Crippen molar-refractivity contribution >= 4 is 5.91 Å². The molecule has 1 fully saturated rings. The van der Waals surface area contributed by atoms with Crippen LogP contribution in [0.3, 0.4) is 0 Å². The van der Waals surface area contributed by atoms with Gasteiger partial charge in [0.2, 0.25) is 5.91 Å². The highest BCUT2D eigenvalue weighted by molar-refractivity contribution is 5.76. The molecule has 0 unspecified atom stereocenters. The van der Waals surface area contributed by atoms with Crippen molar-refractivity contribution in [3.63, 3.8) is 0 Å². The van der Waals surface area contributed by atoms with Crippen molar-refractivity contribution in [1.29, 1.82) is 0 Å². The number of ether oxygens (including phenoxy) is 2. The van der Waals surface area contributed by atoms with Gasteiger partial charge >= 0.3 is 0 Å². The molecule has 32 heavy (non-hydrogen) atoms. The fourth-order valence-electron chi connectivity index (χ4n) is 3.81. The van der Waals surface area contributed by atoms with E-state index in [-0.39, 0.29) is 30.0 Å². The second-order valence-corrected chi connectivity index (χ2v) is 8.83. The van der Waals surface area contributed by atoms with Crippen molar-refractivity contribution in [3.8, 4) is 22.9 Å². The summed E-state index contributed by atoms with van der Waals surface area (Å²) in [5.74, 6) is 2.45. The Labute approximate surface area is 189 Å². The highest BCUT2D eigenvalue weighted by Gasteiger charge is 2.15. The van der Waals surface area contributed by atoms with E-state index in [1.165, 1.54) is 32.1 Å². The number of carbonyl (C=O) groups is 1. The molecule has 1 heterocycles. The van der Waals surface area contributed by atoms with Gasteiger partial charge in [-0.25, -0.2) is 0 Å². The number of hydrogen-bond acceptors (Lipinski definition) is 6. The predicted octanol–water partition coefficient (Wildman–Crippen LogP) is 3.50. The normalized spacial score (nSPS) is 14.4. The third-order valence-corrected chi connectivity index (χ3v) is 5.68. The summed E-state index contributed by atoms with van der Waals surface area (Å²) in [6.45, 7) is 5.44. The number of aromatic nitrogens is 3. The van der Waals surface area contributed by atoms with Crippen molar-refractivity contribution in [2.45, 2.75) is 58.8 Å². The van der Waals surface area contributed by atoms with E-state index in [4.69, 9.17) is 9.47 Å². The van der Waals surface area contributed by atoms with Crippen LogP contribution in [-0.2, 0) is 11.2 Å². The Kier molecular flexibility index (Phi) is 8.64. The standard InChI is InChI=1S/C24H34N4O4/c1-16(2)15-32-20-11-9-18(13-21(20)31-3)23-26-24(30)19(27-28-23)10-12-22(29)25-14-17-7-5-4-6-8-17/h9,11,13,16-17H,4-8,10,12,14-15H2,1-3H3,(H,25,29)(H,26,28,30). The van der Waals surface area contributed by atoms with Crippen LogP contribution in [0.5, 0.6) is 11.5 Å².